The molecule has 1 aromatic heterocycles. The maximum absolute atomic E-state index is 12.0. The molecule has 0 bridgehead atoms. The minimum Gasteiger partial charge on any atom is -0.493 e. The lowest BCUT2D eigenvalue weighted by atomic mass is 10.2. The highest BCUT2D eigenvalue weighted by Crippen LogP contribution is 2.27. The quantitative estimate of drug-likeness (QED) is 0.838. The normalized spacial score (nSPS) is 10.3. The molecule has 1 heterocycles. The van der Waals surface area contributed by atoms with E-state index in [4.69, 9.17) is 32.7 Å². The van der Waals surface area contributed by atoms with Gasteiger partial charge in [0.05, 0.1) is 25.4 Å². The minimum absolute atomic E-state index is 0.0450. The second kappa shape index (κ2) is 8.03. The van der Waals surface area contributed by atoms with Crippen LogP contribution in [0.15, 0.2) is 29.2 Å². The molecule has 24 heavy (non-hydrogen) atoms. The molecule has 2 aromatic rings. The number of rotatable bonds is 6. The maximum atomic E-state index is 12.0. The Kier molecular flexibility index (Phi) is 6.05. The molecule has 7 nitrogen and oxygen atoms in total. The van der Waals surface area contributed by atoms with E-state index in [1.807, 2.05) is 0 Å². The summed E-state index contributed by atoms with van der Waals surface area (Å²) < 4.78 is 11.3. The molecule has 2 rings (SSSR count). The molecule has 0 aliphatic carbocycles. The number of benzene rings is 1. The topological polar surface area (TPSA) is 82.5 Å². The van der Waals surface area contributed by atoms with Gasteiger partial charge < -0.3 is 14.8 Å². The maximum Gasteiger partial charge on any atom is 0.287 e. The van der Waals surface area contributed by atoms with E-state index < -0.39 is 11.5 Å². The third-order valence-electron chi connectivity index (χ3n) is 3.17. The largest absolute Gasteiger partial charge is 0.493 e. The highest BCUT2D eigenvalue weighted by atomic mass is 35.5. The number of ether oxygens (including phenoxy) is 2. The molecule has 128 valence electrons. The highest BCUT2D eigenvalue weighted by molar-refractivity contribution is 6.41. The number of halogens is 2. The van der Waals surface area contributed by atoms with Crippen molar-refractivity contribution >= 4 is 29.1 Å². The Morgan fingerprint density at radius 1 is 1.25 bits per heavy atom. The van der Waals surface area contributed by atoms with Crippen molar-refractivity contribution in [1.82, 2.24) is 15.1 Å². The smallest absolute Gasteiger partial charge is 0.287 e. The van der Waals surface area contributed by atoms with Crippen LogP contribution in [0.1, 0.15) is 5.56 Å². The first-order chi connectivity index (χ1) is 11.5. The number of hydrogen-bond acceptors (Lipinski definition) is 5. The average molecular weight is 372 g/mol. The van der Waals surface area contributed by atoms with Crippen molar-refractivity contribution in [2.75, 3.05) is 14.2 Å². The van der Waals surface area contributed by atoms with Crippen LogP contribution in [0.4, 0.5) is 0 Å². The fourth-order valence-corrected chi connectivity index (χ4v) is 2.21. The fraction of sp³-hybridized carbons (Fsp3) is 0.267. The van der Waals surface area contributed by atoms with Crippen LogP contribution in [0.5, 0.6) is 11.5 Å². The number of nitrogens with one attached hydrogen (secondary N) is 1. The molecule has 1 aromatic carbocycles. The van der Waals surface area contributed by atoms with Gasteiger partial charge in [0.1, 0.15) is 11.6 Å². The van der Waals surface area contributed by atoms with E-state index in [9.17, 15) is 9.59 Å². The zero-order chi connectivity index (χ0) is 17.7. The van der Waals surface area contributed by atoms with Crippen LogP contribution in [-0.2, 0) is 17.9 Å². The van der Waals surface area contributed by atoms with E-state index in [2.05, 4.69) is 10.4 Å². The Hall–Kier alpha value is -2.25. The van der Waals surface area contributed by atoms with Gasteiger partial charge in [0.15, 0.2) is 11.5 Å². The zero-order valence-electron chi connectivity index (χ0n) is 13.0. The van der Waals surface area contributed by atoms with Gasteiger partial charge in [-0.05, 0) is 17.7 Å². The van der Waals surface area contributed by atoms with Crippen LogP contribution in [0.2, 0.25) is 10.0 Å². The lowest BCUT2D eigenvalue weighted by Crippen LogP contribution is -2.33. The summed E-state index contributed by atoms with van der Waals surface area (Å²) in [6.45, 7) is -0.00171. The summed E-state index contributed by atoms with van der Waals surface area (Å²) in [5, 5.41) is 6.34. The molecule has 0 fully saturated rings. The van der Waals surface area contributed by atoms with Crippen molar-refractivity contribution < 1.29 is 14.3 Å². The van der Waals surface area contributed by atoms with Crippen molar-refractivity contribution in [3.8, 4) is 11.5 Å². The van der Waals surface area contributed by atoms with Crippen LogP contribution >= 0.6 is 23.2 Å². The molecule has 0 saturated carbocycles. The predicted molar refractivity (Wildman–Crippen MR) is 89.9 cm³/mol. The number of nitrogens with zero attached hydrogens (tertiary/aromatic N) is 2. The van der Waals surface area contributed by atoms with Crippen molar-refractivity contribution in [3.05, 3.63) is 50.4 Å². The van der Waals surface area contributed by atoms with Crippen LogP contribution < -0.4 is 20.3 Å². The first-order valence-corrected chi connectivity index (χ1v) is 7.60. The molecule has 0 atom stereocenters. The molecule has 1 N–H and O–H groups in total. The molecule has 1 amide bonds. The Morgan fingerprint density at radius 3 is 2.62 bits per heavy atom. The van der Waals surface area contributed by atoms with Crippen LogP contribution in [0.25, 0.3) is 0 Å². The Labute approximate surface area is 148 Å². The number of hydrogen-bond donors (Lipinski definition) is 1. The third kappa shape index (κ3) is 4.18. The van der Waals surface area contributed by atoms with E-state index in [0.29, 0.717) is 11.5 Å². The van der Waals surface area contributed by atoms with Crippen molar-refractivity contribution in [3.63, 3.8) is 0 Å². The summed E-state index contributed by atoms with van der Waals surface area (Å²) in [5.74, 6) is 0.767. The summed E-state index contributed by atoms with van der Waals surface area (Å²) in [4.78, 5) is 23.8. The van der Waals surface area contributed by atoms with Gasteiger partial charge in [-0.25, -0.2) is 4.68 Å². The third-order valence-corrected chi connectivity index (χ3v) is 3.92. The van der Waals surface area contributed by atoms with E-state index in [1.54, 1.807) is 25.3 Å². The summed E-state index contributed by atoms with van der Waals surface area (Å²) in [6.07, 6.45) is 1.22. The van der Waals surface area contributed by atoms with Gasteiger partial charge in [-0.3, -0.25) is 9.59 Å². The Bertz CT molecular complexity index is 808. The van der Waals surface area contributed by atoms with Crippen LogP contribution in [0.3, 0.4) is 0 Å². The molecule has 0 unspecified atom stereocenters. The minimum atomic E-state index is -0.620. The van der Waals surface area contributed by atoms with Gasteiger partial charge >= 0.3 is 0 Å². The molecule has 0 radical (unpaired) electrons. The average Bonchev–Trinajstić information content (AvgIpc) is 2.60. The molecule has 0 saturated heterocycles. The van der Waals surface area contributed by atoms with Gasteiger partial charge in [-0.1, -0.05) is 29.3 Å². The van der Waals surface area contributed by atoms with Crippen molar-refractivity contribution in [1.29, 1.82) is 0 Å². The zero-order valence-corrected chi connectivity index (χ0v) is 14.5. The lowest BCUT2D eigenvalue weighted by molar-refractivity contribution is -0.122. The Morgan fingerprint density at radius 2 is 1.96 bits per heavy atom. The number of methoxy groups -OCH3 is 2. The monoisotopic (exact) mass is 371 g/mol. The second-order valence-electron chi connectivity index (χ2n) is 4.74. The Balaban J connectivity index is 2.01. The van der Waals surface area contributed by atoms with E-state index in [1.165, 1.54) is 13.3 Å². The van der Waals surface area contributed by atoms with Gasteiger partial charge in [-0.2, -0.15) is 5.10 Å². The van der Waals surface area contributed by atoms with E-state index in [0.717, 1.165) is 10.2 Å². The van der Waals surface area contributed by atoms with Gasteiger partial charge in [0.2, 0.25) is 5.91 Å². The highest BCUT2D eigenvalue weighted by Gasteiger charge is 2.11. The number of carbonyl (C=O) groups excluding carboxylic acids is 1. The molecule has 9 heteroatoms. The molecular formula is C15H15Cl2N3O4. The van der Waals surface area contributed by atoms with Crippen molar-refractivity contribution in [2.24, 2.45) is 0 Å². The summed E-state index contributed by atoms with van der Waals surface area (Å²) in [7, 11) is 3.07. The molecular weight excluding hydrogens is 357 g/mol. The predicted octanol–water partition coefficient (Wildman–Crippen LogP) is 1.88. The summed E-state index contributed by atoms with van der Waals surface area (Å²) >= 11 is 11.4. The van der Waals surface area contributed by atoms with E-state index >= 15 is 0 Å². The molecule has 0 aliphatic rings. The van der Waals surface area contributed by atoms with Gasteiger partial charge in [0.25, 0.3) is 5.56 Å². The standard InChI is InChI=1S/C15H15Cl2N3O4/c1-23-11-4-3-9(5-12(11)24-2)6-18-13(21)8-20-15(22)14(17)10(16)7-19-20/h3-5,7H,6,8H2,1-2H3,(H,18,21). The SMILES string of the molecule is COc1ccc(CNC(=O)Cn2ncc(Cl)c(Cl)c2=O)cc1OC. The molecule has 0 spiro atoms. The molecule has 0 aliphatic heterocycles. The number of aromatic nitrogens is 2. The number of amides is 1. The number of carbonyl (C=O) groups is 1. The summed E-state index contributed by atoms with van der Waals surface area (Å²) in [5.41, 5.74) is 0.195. The lowest BCUT2D eigenvalue weighted by Gasteiger charge is -2.11. The van der Waals surface area contributed by atoms with Crippen LogP contribution in [-0.4, -0.2) is 29.9 Å². The fourth-order valence-electron chi connectivity index (χ4n) is 1.94. The van der Waals surface area contributed by atoms with Crippen LogP contribution in [0, 0.1) is 0 Å². The van der Waals surface area contributed by atoms with Gasteiger partial charge in [-0.15, -0.1) is 0 Å². The second-order valence-corrected chi connectivity index (χ2v) is 5.52. The first-order valence-electron chi connectivity index (χ1n) is 6.85. The first kappa shape index (κ1) is 18.1. The summed E-state index contributed by atoms with van der Waals surface area (Å²) in [6, 6.07) is 5.29. The van der Waals surface area contributed by atoms with Crippen molar-refractivity contribution in [2.45, 2.75) is 13.1 Å². The van der Waals surface area contributed by atoms with Gasteiger partial charge in [0, 0.05) is 6.54 Å². The van der Waals surface area contributed by atoms with E-state index in [-0.39, 0.29) is 23.1 Å².